The second-order valence-corrected chi connectivity index (χ2v) is 5.79. The molecule has 0 bridgehead atoms. The van der Waals surface area contributed by atoms with Gasteiger partial charge in [-0.2, -0.15) is 0 Å². The predicted molar refractivity (Wildman–Crippen MR) is 78.2 cm³/mol. The average molecular weight is 312 g/mol. The molecule has 122 valence electrons. The van der Waals surface area contributed by atoms with Crippen LogP contribution in [0.2, 0.25) is 0 Å². The maximum absolute atomic E-state index is 12.8. The maximum Gasteiger partial charge on any atom is 0.407 e. The van der Waals surface area contributed by atoms with E-state index in [0.717, 1.165) is 12.3 Å². The average Bonchev–Trinajstić information content (AvgIpc) is 2.37. The highest BCUT2D eigenvalue weighted by Gasteiger charge is 2.22. The highest BCUT2D eigenvalue weighted by atomic mass is 19.1. The fourth-order valence-corrected chi connectivity index (χ4v) is 1.70. The van der Waals surface area contributed by atoms with Crippen LogP contribution in [0.5, 0.6) is 0 Å². The van der Waals surface area contributed by atoms with Crippen LogP contribution in [-0.2, 0) is 9.47 Å². The lowest BCUT2D eigenvalue weighted by molar-refractivity contribution is 0.0464. The number of pyridine rings is 1. The summed E-state index contributed by atoms with van der Waals surface area (Å²) in [5.41, 5.74) is -0.502. The van der Waals surface area contributed by atoms with E-state index in [1.54, 1.807) is 20.8 Å². The van der Waals surface area contributed by atoms with Gasteiger partial charge >= 0.3 is 6.09 Å². The van der Waals surface area contributed by atoms with Crippen molar-refractivity contribution in [2.24, 2.45) is 0 Å². The van der Waals surface area contributed by atoms with Gasteiger partial charge in [0.2, 0.25) is 0 Å². The molecule has 1 N–H and O–H groups in total. The molecule has 6 nitrogen and oxygen atoms in total. The molecular formula is C15H21FN2O4. The second-order valence-electron chi connectivity index (χ2n) is 5.79. The van der Waals surface area contributed by atoms with Crippen molar-refractivity contribution in [1.29, 1.82) is 0 Å². The standard InChI is InChI=1S/C15H21FN2O4/c1-15(2,3)22-14(20)18-11(9-21-4)7-13(19)12-6-5-10(16)8-17-12/h5-6,8,11H,7,9H2,1-4H3,(H,18,20). The van der Waals surface area contributed by atoms with Gasteiger partial charge in [0.1, 0.15) is 17.1 Å². The number of alkyl carbamates (subject to hydrolysis) is 1. The summed E-state index contributed by atoms with van der Waals surface area (Å²) in [5.74, 6) is -0.838. The number of nitrogens with zero attached hydrogens (tertiary/aromatic N) is 1. The molecule has 1 amide bonds. The molecule has 7 heteroatoms. The molecule has 1 atom stereocenters. The molecule has 0 aromatic carbocycles. The Bertz CT molecular complexity index is 511. The molecule has 1 heterocycles. The molecule has 0 spiro atoms. The monoisotopic (exact) mass is 312 g/mol. The summed E-state index contributed by atoms with van der Waals surface area (Å²) < 4.78 is 22.9. The minimum atomic E-state index is -0.635. The molecule has 0 aliphatic rings. The van der Waals surface area contributed by atoms with Gasteiger partial charge in [0.25, 0.3) is 0 Å². The minimum Gasteiger partial charge on any atom is -0.444 e. The molecule has 0 aliphatic carbocycles. The third-order valence-electron chi connectivity index (χ3n) is 2.53. The number of ether oxygens (including phenoxy) is 2. The molecule has 1 aromatic rings. The number of Topliss-reactive ketones (excluding diaryl/α,β-unsaturated/α-hetero) is 1. The van der Waals surface area contributed by atoms with E-state index < -0.39 is 23.6 Å². The van der Waals surface area contributed by atoms with Crippen molar-refractivity contribution < 1.29 is 23.5 Å². The molecule has 22 heavy (non-hydrogen) atoms. The number of ketones is 1. The van der Waals surface area contributed by atoms with Crippen molar-refractivity contribution in [3.05, 3.63) is 29.8 Å². The Labute approximate surface area is 129 Å². The van der Waals surface area contributed by atoms with Crippen LogP contribution in [0.4, 0.5) is 9.18 Å². The molecule has 1 unspecified atom stereocenters. The van der Waals surface area contributed by atoms with E-state index in [-0.39, 0.29) is 24.5 Å². The number of aromatic nitrogens is 1. The molecule has 0 fully saturated rings. The lowest BCUT2D eigenvalue weighted by atomic mass is 10.1. The summed E-state index contributed by atoms with van der Waals surface area (Å²) in [7, 11) is 1.46. The summed E-state index contributed by atoms with van der Waals surface area (Å²) in [6.45, 7) is 5.37. The van der Waals surface area contributed by atoms with E-state index in [0.29, 0.717) is 0 Å². The Morgan fingerprint density at radius 2 is 2.05 bits per heavy atom. The fourth-order valence-electron chi connectivity index (χ4n) is 1.70. The van der Waals surface area contributed by atoms with E-state index in [2.05, 4.69) is 10.3 Å². The van der Waals surface area contributed by atoms with Gasteiger partial charge in [0, 0.05) is 13.5 Å². The highest BCUT2D eigenvalue weighted by molar-refractivity contribution is 5.94. The number of amides is 1. The SMILES string of the molecule is COCC(CC(=O)c1ccc(F)cn1)NC(=O)OC(C)(C)C. The van der Waals surface area contributed by atoms with Crippen LogP contribution in [0.25, 0.3) is 0 Å². The van der Waals surface area contributed by atoms with E-state index in [1.807, 2.05) is 0 Å². The number of halogens is 1. The number of rotatable bonds is 6. The first-order chi connectivity index (χ1) is 10.2. The number of carbonyl (C=O) groups excluding carboxylic acids is 2. The zero-order valence-electron chi connectivity index (χ0n) is 13.2. The summed E-state index contributed by atoms with van der Waals surface area (Å²) in [6.07, 6.45) is 0.320. The Hall–Kier alpha value is -2.02. The van der Waals surface area contributed by atoms with E-state index in [9.17, 15) is 14.0 Å². The van der Waals surface area contributed by atoms with Crippen LogP contribution in [0.3, 0.4) is 0 Å². The van der Waals surface area contributed by atoms with Gasteiger partial charge in [0.05, 0.1) is 18.8 Å². The van der Waals surface area contributed by atoms with Crippen molar-refractivity contribution in [3.8, 4) is 0 Å². The second kappa shape index (κ2) is 7.84. The van der Waals surface area contributed by atoms with Crippen LogP contribution >= 0.6 is 0 Å². The quantitative estimate of drug-likeness (QED) is 0.816. The van der Waals surface area contributed by atoms with Crippen molar-refractivity contribution in [3.63, 3.8) is 0 Å². The Kier molecular flexibility index (Phi) is 6.42. The minimum absolute atomic E-state index is 0.0221. The topological polar surface area (TPSA) is 77.5 Å². The van der Waals surface area contributed by atoms with Gasteiger partial charge in [-0.05, 0) is 32.9 Å². The summed E-state index contributed by atoms with van der Waals surface area (Å²) in [6, 6.07) is 1.90. The molecule has 0 saturated carbocycles. The van der Waals surface area contributed by atoms with Gasteiger partial charge in [0.15, 0.2) is 5.78 Å². The molecule has 1 rings (SSSR count). The Balaban J connectivity index is 2.65. The predicted octanol–water partition coefficient (Wildman–Crippen LogP) is 2.33. The first-order valence-electron chi connectivity index (χ1n) is 6.84. The van der Waals surface area contributed by atoms with E-state index in [1.165, 1.54) is 13.2 Å². The van der Waals surface area contributed by atoms with Crippen LogP contribution in [-0.4, -0.2) is 42.2 Å². The van der Waals surface area contributed by atoms with Crippen LogP contribution in [0.1, 0.15) is 37.7 Å². The number of hydrogen-bond acceptors (Lipinski definition) is 5. The lowest BCUT2D eigenvalue weighted by Gasteiger charge is -2.23. The van der Waals surface area contributed by atoms with E-state index >= 15 is 0 Å². The largest absolute Gasteiger partial charge is 0.444 e. The summed E-state index contributed by atoms with van der Waals surface area (Å²) in [5, 5.41) is 2.58. The number of hydrogen-bond donors (Lipinski definition) is 1. The normalized spacial score (nSPS) is 12.6. The Morgan fingerprint density at radius 1 is 1.36 bits per heavy atom. The van der Waals surface area contributed by atoms with Crippen molar-refractivity contribution in [2.75, 3.05) is 13.7 Å². The Morgan fingerprint density at radius 3 is 2.55 bits per heavy atom. The molecule has 0 aliphatic heterocycles. The molecule has 0 saturated heterocycles. The van der Waals surface area contributed by atoms with Crippen LogP contribution in [0, 0.1) is 5.82 Å². The van der Waals surface area contributed by atoms with Crippen molar-refractivity contribution in [2.45, 2.75) is 38.8 Å². The van der Waals surface area contributed by atoms with Crippen LogP contribution < -0.4 is 5.32 Å². The molecule has 0 radical (unpaired) electrons. The fraction of sp³-hybridized carbons (Fsp3) is 0.533. The first kappa shape index (κ1) is 18.0. The van der Waals surface area contributed by atoms with Gasteiger partial charge in [-0.25, -0.2) is 9.18 Å². The molecular weight excluding hydrogens is 291 g/mol. The van der Waals surface area contributed by atoms with Crippen molar-refractivity contribution in [1.82, 2.24) is 10.3 Å². The highest BCUT2D eigenvalue weighted by Crippen LogP contribution is 2.09. The molecule has 1 aromatic heterocycles. The zero-order chi connectivity index (χ0) is 16.8. The van der Waals surface area contributed by atoms with Gasteiger partial charge in [-0.1, -0.05) is 0 Å². The number of nitrogens with one attached hydrogen (secondary N) is 1. The number of methoxy groups -OCH3 is 1. The lowest BCUT2D eigenvalue weighted by Crippen LogP contribution is -2.42. The summed E-state index contributed by atoms with van der Waals surface area (Å²) >= 11 is 0. The third-order valence-corrected chi connectivity index (χ3v) is 2.53. The van der Waals surface area contributed by atoms with Gasteiger partial charge < -0.3 is 14.8 Å². The van der Waals surface area contributed by atoms with Crippen molar-refractivity contribution >= 4 is 11.9 Å². The summed E-state index contributed by atoms with van der Waals surface area (Å²) in [4.78, 5) is 27.5. The van der Waals surface area contributed by atoms with Gasteiger partial charge in [-0.3, -0.25) is 9.78 Å². The number of carbonyl (C=O) groups is 2. The first-order valence-corrected chi connectivity index (χ1v) is 6.84. The third kappa shape index (κ3) is 6.62. The maximum atomic E-state index is 12.8. The van der Waals surface area contributed by atoms with Crippen LogP contribution in [0.15, 0.2) is 18.3 Å². The smallest absolute Gasteiger partial charge is 0.407 e. The van der Waals surface area contributed by atoms with Gasteiger partial charge in [-0.15, -0.1) is 0 Å². The van der Waals surface area contributed by atoms with E-state index in [4.69, 9.17) is 9.47 Å². The zero-order valence-corrected chi connectivity index (χ0v) is 13.2.